The quantitative estimate of drug-likeness (QED) is 0.0311. The summed E-state index contributed by atoms with van der Waals surface area (Å²) < 4.78 is 54.6. The molecule has 0 saturated carbocycles. The SMILES string of the molecule is COc1ccc(C(OC[C@H]2O[C@@H](n3cnc4c(NC(=O)COc5ccccc5)nc(NC(=O)COc5ccccc5)nc43)C[C@@H]2OP(OCCC#N)N(C(C)C)C(C)C)(c2ccccc2)c2ccc(OC)cc2)cc1. The van der Waals surface area contributed by atoms with Gasteiger partial charge in [-0.05, 0) is 92.9 Å². The maximum atomic E-state index is 13.5. The van der Waals surface area contributed by atoms with Gasteiger partial charge in [-0.3, -0.25) is 19.5 Å². The van der Waals surface area contributed by atoms with E-state index in [1.165, 1.54) is 0 Å². The first-order valence-corrected chi connectivity index (χ1v) is 25.7. The van der Waals surface area contributed by atoms with Crippen LogP contribution in [0.2, 0.25) is 0 Å². The summed E-state index contributed by atoms with van der Waals surface area (Å²) in [4.78, 5) is 41.0. The predicted octanol–water partition coefficient (Wildman–Crippen LogP) is 9.84. The molecule has 8 rings (SSSR count). The van der Waals surface area contributed by atoms with Crippen LogP contribution in [-0.4, -0.2) is 101 Å². The van der Waals surface area contributed by atoms with Crippen molar-refractivity contribution in [3.63, 3.8) is 0 Å². The average molecular weight is 1040 g/mol. The molecule has 18 nitrogen and oxygen atoms in total. The predicted molar refractivity (Wildman–Crippen MR) is 283 cm³/mol. The number of benzene rings is 5. The van der Waals surface area contributed by atoms with Crippen molar-refractivity contribution in [1.82, 2.24) is 24.2 Å². The molecule has 19 heteroatoms. The Morgan fingerprint density at radius 2 is 1.28 bits per heavy atom. The van der Waals surface area contributed by atoms with Crippen molar-refractivity contribution in [3.05, 3.63) is 163 Å². The van der Waals surface area contributed by atoms with E-state index in [1.807, 2.05) is 91.0 Å². The molecule has 5 aromatic carbocycles. The van der Waals surface area contributed by atoms with Crippen molar-refractivity contribution in [2.75, 3.05) is 51.3 Å². The minimum atomic E-state index is -1.77. The lowest BCUT2D eigenvalue weighted by Gasteiger charge is -2.39. The van der Waals surface area contributed by atoms with Gasteiger partial charge >= 0.3 is 0 Å². The molecule has 1 aliphatic rings. The number of nitrogens with zero attached hydrogens (tertiary/aromatic N) is 6. The van der Waals surface area contributed by atoms with Crippen LogP contribution in [0, 0.1) is 11.3 Å². The van der Waals surface area contributed by atoms with Gasteiger partial charge in [0.25, 0.3) is 20.3 Å². The number of hydrogen-bond acceptors (Lipinski definition) is 15. The van der Waals surface area contributed by atoms with E-state index < -0.39 is 44.4 Å². The number of imidazole rings is 1. The molecule has 2 amide bonds. The van der Waals surface area contributed by atoms with E-state index in [4.69, 9.17) is 47.4 Å². The summed E-state index contributed by atoms with van der Waals surface area (Å²) in [7, 11) is 1.48. The van der Waals surface area contributed by atoms with E-state index in [9.17, 15) is 14.9 Å². The van der Waals surface area contributed by atoms with Gasteiger partial charge in [-0.25, -0.2) is 9.65 Å². The van der Waals surface area contributed by atoms with Gasteiger partial charge in [0.05, 0.1) is 52.4 Å². The molecule has 75 heavy (non-hydrogen) atoms. The van der Waals surface area contributed by atoms with Crippen molar-refractivity contribution in [2.24, 2.45) is 0 Å². The number of anilines is 2. The zero-order valence-corrected chi connectivity index (χ0v) is 43.6. The summed E-state index contributed by atoms with van der Waals surface area (Å²) in [6.45, 7) is 7.76. The molecule has 7 aromatic rings. The van der Waals surface area contributed by atoms with Crippen LogP contribution in [0.1, 0.15) is 63.5 Å². The van der Waals surface area contributed by atoms with Crippen molar-refractivity contribution >= 4 is 43.3 Å². The molecule has 0 radical (unpaired) electrons. The molecule has 2 N–H and O–H groups in total. The van der Waals surface area contributed by atoms with E-state index in [1.54, 1.807) is 73.6 Å². The Bertz CT molecular complexity index is 2930. The lowest BCUT2D eigenvalue weighted by atomic mass is 9.80. The Balaban J connectivity index is 1.19. The second-order valence-electron chi connectivity index (χ2n) is 17.9. The van der Waals surface area contributed by atoms with Gasteiger partial charge in [0.2, 0.25) is 5.95 Å². The average Bonchev–Trinajstić information content (AvgIpc) is 4.05. The zero-order chi connectivity index (χ0) is 52.7. The maximum absolute atomic E-state index is 13.5. The number of para-hydroxylation sites is 2. The minimum Gasteiger partial charge on any atom is -0.497 e. The highest BCUT2D eigenvalue weighted by Crippen LogP contribution is 2.51. The summed E-state index contributed by atoms with van der Waals surface area (Å²) >= 11 is 0. The fourth-order valence-corrected chi connectivity index (χ4v) is 10.5. The molecule has 4 atom stereocenters. The van der Waals surface area contributed by atoms with Gasteiger partial charge in [-0.15, -0.1) is 0 Å². The lowest BCUT2D eigenvalue weighted by molar-refractivity contribution is -0.118. The Hall–Kier alpha value is -7.49. The molecule has 0 spiro atoms. The molecular weight excluding hydrogens is 976 g/mol. The molecule has 390 valence electrons. The van der Waals surface area contributed by atoms with Crippen LogP contribution in [-0.2, 0) is 33.7 Å². The smallest absolute Gasteiger partial charge is 0.264 e. The monoisotopic (exact) mass is 1040 g/mol. The Morgan fingerprint density at radius 3 is 1.81 bits per heavy atom. The molecule has 1 unspecified atom stereocenters. The highest BCUT2D eigenvalue weighted by Gasteiger charge is 2.45. The lowest BCUT2D eigenvalue weighted by Crippen LogP contribution is -2.39. The first kappa shape index (κ1) is 53.8. The first-order valence-electron chi connectivity index (χ1n) is 24.6. The van der Waals surface area contributed by atoms with E-state index in [0.717, 1.165) is 16.7 Å². The Labute approximate surface area is 437 Å². The number of nitrogens with one attached hydrogen (secondary N) is 2. The van der Waals surface area contributed by atoms with E-state index in [2.05, 4.69) is 54.1 Å². The van der Waals surface area contributed by atoms with Crippen LogP contribution in [0.3, 0.4) is 0 Å². The van der Waals surface area contributed by atoms with Gasteiger partial charge in [0, 0.05) is 18.5 Å². The van der Waals surface area contributed by atoms with Gasteiger partial charge in [0.1, 0.15) is 40.9 Å². The largest absolute Gasteiger partial charge is 0.497 e. The van der Waals surface area contributed by atoms with Crippen molar-refractivity contribution in [1.29, 1.82) is 5.26 Å². The number of methoxy groups -OCH3 is 2. The van der Waals surface area contributed by atoms with Crippen LogP contribution in [0.25, 0.3) is 11.2 Å². The molecule has 0 bridgehead atoms. The first-order chi connectivity index (χ1) is 36.5. The van der Waals surface area contributed by atoms with Gasteiger partial charge in [-0.1, -0.05) is 91.0 Å². The number of amides is 2. The van der Waals surface area contributed by atoms with Crippen LogP contribution in [0.5, 0.6) is 23.0 Å². The fraction of sp³-hybridized carbons (Fsp3) is 0.321. The van der Waals surface area contributed by atoms with Crippen molar-refractivity contribution in [3.8, 4) is 29.1 Å². The summed E-state index contributed by atoms with van der Waals surface area (Å²) in [6, 6.07) is 45.6. The van der Waals surface area contributed by atoms with Gasteiger partial charge in [-0.2, -0.15) is 15.2 Å². The molecule has 3 heterocycles. The topological polar surface area (TPSA) is 203 Å². The van der Waals surface area contributed by atoms with Crippen LogP contribution in [0.15, 0.2) is 146 Å². The number of carbonyl (C=O) groups is 2. The molecule has 1 fully saturated rings. The van der Waals surface area contributed by atoms with Crippen LogP contribution < -0.4 is 29.6 Å². The summed E-state index contributed by atoms with van der Waals surface area (Å²) in [5.74, 6) is 1.19. The number of fused-ring (bicyclic) bond motifs is 1. The molecule has 2 aromatic heterocycles. The third-order valence-electron chi connectivity index (χ3n) is 12.2. The standard InChI is InChI=1S/C56H61N8O10P/c1-38(2)64(39(3)4)75(72-32-16-31-57)74-47-33-51(73-48(47)34-71-56(40-17-10-7-11-18-40,41-23-27-43(67-5)28-24-41)42-25-29-44(68-6)30-26-42)63-37-58-52-53(59-49(65)35-69-45-19-12-8-13-20-45)61-55(62-54(52)63)60-50(66)36-70-46-21-14-9-15-22-46/h7-15,17-30,37-39,47-48,51H,16,32-36H2,1-6H3,(H2,59,60,61,62,65,66)/t47-,48+,51+,75?/m0/s1. The molecule has 0 aliphatic carbocycles. The summed E-state index contributed by atoms with van der Waals surface area (Å²) in [5.41, 5.74) is 1.75. The molecule has 1 aliphatic heterocycles. The molecule has 1 saturated heterocycles. The van der Waals surface area contributed by atoms with Gasteiger partial charge in [0.15, 0.2) is 30.2 Å². The number of nitriles is 1. The van der Waals surface area contributed by atoms with E-state index >= 15 is 0 Å². The number of ether oxygens (including phenoxy) is 6. The maximum Gasteiger partial charge on any atom is 0.264 e. The van der Waals surface area contributed by atoms with Gasteiger partial charge < -0.3 is 42.8 Å². The second-order valence-corrected chi connectivity index (χ2v) is 19.3. The zero-order valence-electron chi connectivity index (χ0n) is 42.7. The number of rotatable bonds is 25. The third kappa shape index (κ3) is 13.3. The van der Waals surface area contributed by atoms with E-state index in [0.29, 0.717) is 23.0 Å². The normalized spacial score (nSPS) is 15.9. The van der Waals surface area contributed by atoms with Crippen molar-refractivity contribution in [2.45, 2.75) is 76.7 Å². The van der Waals surface area contributed by atoms with E-state index in [-0.39, 0.29) is 74.3 Å². The highest BCUT2D eigenvalue weighted by molar-refractivity contribution is 7.44. The highest BCUT2D eigenvalue weighted by atomic mass is 31.2. The number of hydrogen-bond donors (Lipinski definition) is 2. The second kappa shape index (κ2) is 25.6. The van der Waals surface area contributed by atoms with Crippen LogP contribution in [0.4, 0.5) is 11.8 Å². The van der Waals surface area contributed by atoms with Crippen LogP contribution >= 0.6 is 8.53 Å². The number of carbonyl (C=O) groups excluding carboxylic acids is 2. The summed E-state index contributed by atoms with van der Waals surface area (Å²) in [6.07, 6.45) is -0.269. The summed E-state index contributed by atoms with van der Waals surface area (Å²) in [5, 5.41) is 15.1. The Kier molecular flexibility index (Phi) is 18.4. The fourth-order valence-electron chi connectivity index (χ4n) is 8.75. The third-order valence-corrected chi connectivity index (χ3v) is 14.3. The minimum absolute atomic E-state index is 0.00803. The van der Waals surface area contributed by atoms with Crippen molar-refractivity contribution < 1.29 is 47.1 Å². The number of aromatic nitrogens is 4. The molecular formula is C56H61N8O10P. The Morgan fingerprint density at radius 1 is 0.747 bits per heavy atom.